The fourth-order valence-corrected chi connectivity index (χ4v) is 4.82. The van der Waals surface area contributed by atoms with Gasteiger partial charge in [-0.1, -0.05) is 12.1 Å². The average molecular weight is 357 g/mol. The van der Waals surface area contributed by atoms with E-state index in [0.29, 0.717) is 12.1 Å². The van der Waals surface area contributed by atoms with Gasteiger partial charge in [-0.15, -0.1) is 11.8 Å². The van der Waals surface area contributed by atoms with Gasteiger partial charge in [0.25, 0.3) is 5.91 Å². The number of anilines is 1. The molecule has 1 amide bonds. The van der Waals surface area contributed by atoms with Crippen molar-refractivity contribution in [3.05, 3.63) is 24.3 Å². The highest BCUT2D eigenvalue weighted by atomic mass is 32.2. The summed E-state index contributed by atoms with van der Waals surface area (Å²) in [6.07, 6.45) is 2.42. The molecule has 2 rings (SSSR count). The zero-order chi connectivity index (χ0) is 16.9. The highest BCUT2D eigenvalue weighted by molar-refractivity contribution is 7.98. The smallest absolute Gasteiger partial charge is 0.306 e. The van der Waals surface area contributed by atoms with Crippen molar-refractivity contribution >= 4 is 39.2 Å². The first-order valence-corrected chi connectivity index (χ1v) is 10.2. The van der Waals surface area contributed by atoms with Gasteiger partial charge in [-0.3, -0.25) is 9.59 Å². The third-order valence-corrected chi connectivity index (χ3v) is 6.16. The molecule has 0 aliphatic carbocycles. The van der Waals surface area contributed by atoms with Crippen LogP contribution in [-0.2, 0) is 24.2 Å². The van der Waals surface area contributed by atoms with Gasteiger partial charge in [0.15, 0.2) is 16.4 Å². The van der Waals surface area contributed by atoms with Crippen LogP contribution >= 0.6 is 11.8 Å². The third kappa shape index (κ3) is 5.54. The van der Waals surface area contributed by atoms with E-state index in [2.05, 4.69) is 5.32 Å². The van der Waals surface area contributed by atoms with Crippen LogP contribution in [0.25, 0.3) is 0 Å². The summed E-state index contributed by atoms with van der Waals surface area (Å²) in [5.74, 6) is -1.01. The van der Waals surface area contributed by atoms with Gasteiger partial charge in [0.2, 0.25) is 0 Å². The summed E-state index contributed by atoms with van der Waals surface area (Å²) >= 11 is 1.50. The molecule has 0 saturated carbocycles. The summed E-state index contributed by atoms with van der Waals surface area (Å²) in [6, 6.07) is 7.33. The Kier molecular flexibility index (Phi) is 6.06. The van der Waals surface area contributed by atoms with Gasteiger partial charge < -0.3 is 10.1 Å². The molecule has 1 N–H and O–H groups in total. The van der Waals surface area contributed by atoms with E-state index in [4.69, 9.17) is 4.74 Å². The van der Waals surface area contributed by atoms with Crippen molar-refractivity contribution in [1.29, 1.82) is 0 Å². The molecule has 1 aliphatic heterocycles. The van der Waals surface area contributed by atoms with Crippen LogP contribution in [0, 0.1) is 5.92 Å². The average Bonchev–Trinajstić information content (AvgIpc) is 2.84. The number of esters is 1. The molecule has 1 saturated heterocycles. The summed E-state index contributed by atoms with van der Waals surface area (Å²) in [7, 11) is -3.01. The van der Waals surface area contributed by atoms with Crippen molar-refractivity contribution in [3.8, 4) is 0 Å². The number of hydrogen-bond donors (Lipinski definition) is 1. The molecule has 0 spiro atoms. The molecule has 0 bridgehead atoms. The molecule has 0 aromatic heterocycles. The predicted octanol–water partition coefficient (Wildman–Crippen LogP) is 1.71. The van der Waals surface area contributed by atoms with Crippen molar-refractivity contribution < 1.29 is 22.7 Å². The number of benzene rings is 1. The number of carbonyl (C=O) groups excluding carboxylic acids is 2. The molecule has 1 aromatic rings. The fourth-order valence-electron chi connectivity index (χ4n) is 2.41. The van der Waals surface area contributed by atoms with Crippen molar-refractivity contribution in [2.75, 3.05) is 29.7 Å². The van der Waals surface area contributed by atoms with Crippen LogP contribution in [0.3, 0.4) is 0 Å². The van der Waals surface area contributed by atoms with Crippen LogP contribution in [0.4, 0.5) is 5.69 Å². The minimum absolute atomic E-state index is 0.0232. The van der Waals surface area contributed by atoms with E-state index in [1.807, 2.05) is 24.5 Å². The Morgan fingerprint density at radius 2 is 2.09 bits per heavy atom. The zero-order valence-electron chi connectivity index (χ0n) is 12.8. The van der Waals surface area contributed by atoms with E-state index in [1.54, 1.807) is 6.07 Å². The van der Waals surface area contributed by atoms with Gasteiger partial charge >= 0.3 is 5.97 Å². The zero-order valence-corrected chi connectivity index (χ0v) is 14.4. The summed E-state index contributed by atoms with van der Waals surface area (Å²) in [6.45, 7) is -0.374. The number of ether oxygens (including phenoxy) is 1. The Bertz CT molecular complexity index is 687. The monoisotopic (exact) mass is 357 g/mol. The predicted molar refractivity (Wildman–Crippen MR) is 89.2 cm³/mol. The van der Waals surface area contributed by atoms with Gasteiger partial charge in [-0.25, -0.2) is 8.42 Å². The molecule has 1 heterocycles. The summed E-state index contributed by atoms with van der Waals surface area (Å²) in [5.41, 5.74) is 0.669. The van der Waals surface area contributed by atoms with Gasteiger partial charge in [0, 0.05) is 11.3 Å². The molecule has 126 valence electrons. The van der Waals surface area contributed by atoms with Crippen LogP contribution in [0.2, 0.25) is 0 Å². The van der Waals surface area contributed by atoms with Crippen LogP contribution in [0.1, 0.15) is 12.8 Å². The van der Waals surface area contributed by atoms with Crippen molar-refractivity contribution in [1.82, 2.24) is 0 Å². The highest BCUT2D eigenvalue weighted by Gasteiger charge is 2.29. The normalized spacial score (nSPS) is 19.3. The highest BCUT2D eigenvalue weighted by Crippen LogP contribution is 2.24. The van der Waals surface area contributed by atoms with Crippen LogP contribution in [-0.4, -0.2) is 44.7 Å². The summed E-state index contributed by atoms with van der Waals surface area (Å²) < 4.78 is 27.6. The molecule has 0 radical (unpaired) electrons. The second-order valence-corrected chi connectivity index (χ2v) is 8.46. The van der Waals surface area contributed by atoms with Gasteiger partial charge in [0.1, 0.15) is 0 Å². The number of thioether (sulfide) groups is 1. The Hall–Kier alpha value is -1.54. The van der Waals surface area contributed by atoms with Crippen LogP contribution < -0.4 is 5.32 Å². The number of para-hydroxylation sites is 1. The first kappa shape index (κ1) is 17.8. The first-order chi connectivity index (χ1) is 10.9. The first-order valence-electron chi connectivity index (χ1n) is 7.18. The lowest BCUT2D eigenvalue weighted by molar-refractivity contribution is -0.148. The number of nitrogens with one attached hydrogen (secondary N) is 1. The Morgan fingerprint density at radius 3 is 2.74 bits per heavy atom. The lowest BCUT2D eigenvalue weighted by Crippen LogP contribution is -2.22. The maximum Gasteiger partial charge on any atom is 0.306 e. The number of sulfone groups is 1. The molecule has 23 heavy (non-hydrogen) atoms. The van der Waals surface area contributed by atoms with Gasteiger partial charge in [0.05, 0.1) is 17.2 Å². The molecule has 1 atom stereocenters. The van der Waals surface area contributed by atoms with Crippen LogP contribution in [0.5, 0.6) is 0 Å². The van der Waals surface area contributed by atoms with E-state index in [9.17, 15) is 18.0 Å². The van der Waals surface area contributed by atoms with Gasteiger partial charge in [-0.05, 0) is 30.7 Å². The molecule has 6 nitrogen and oxygen atoms in total. The van der Waals surface area contributed by atoms with Crippen molar-refractivity contribution in [2.24, 2.45) is 5.92 Å². The molecule has 1 fully saturated rings. The quantitative estimate of drug-likeness (QED) is 0.616. The SMILES string of the molecule is CSc1ccccc1NC(=O)COC(=O)C[C@@H]1CCS(=O)(=O)C1. The lowest BCUT2D eigenvalue weighted by atomic mass is 10.1. The maximum absolute atomic E-state index is 11.8. The molecule has 8 heteroatoms. The third-order valence-electron chi connectivity index (χ3n) is 3.53. The van der Waals surface area contributed by atoms with E-state index >= 15 is 0 Å². The second kappa shape index (κ2) is 7.83. The molecule has 1 aromatic carbocycles. The largest absolute Gasteiger partial charge is 0.456 e. The summed E-state index contributed by atoms with van der Waals surface area (Å²) in [5, 5.41) is 2.69. The molecular formula is C15H19NO5S2. The Balaban J connectivity index is 1.77. The number of carbonyl (C=O) groups is 2. The van der Waals surface area contributed by atoms with Crippen molar-refractivity contribution in [2.45, 2.75) is 17.7 Å². The van der Waals surface area contributed by atoms with E-state index in [-0.39, 0.29) is 30.5 Å². The minimum atomic E-state index is -3.01. The van der Waals surface area contributed by atoms with Crippen molar-refractivity contribution in [3.63, 3.8) is 0 Å². The maximum atomic E-state index is 11.8. The van der Waals surface area contributed by atoms with E-state index < -0.39 is 21.7 Å². The lowest BCUT2D eigenvalue weighted by Gasteiger charge is -2.10. The molecule has 1 aliphatic rings. The standard InChI is InChI=1S/C15H19NO5S2/c1-22-13-5-3-2-4-12(13)16-14(17)9-21-15(18)8-11-6-7-23(19,20)10-11/h2-5,11H,6-10H2,1H3,(H,16,17)/t11-/m0/s1. The number of hydrogen-bond acceptors (Lipinski definition) is 6. The fraction of sp³-hybridized carbons (Fsp3) is 0.467. The molecular weight excluding hydrogens is 338 g/mol. The second-order valence-electron chi connectivity index (χ2n) is 5.38. The topological polar surface area (TPSA) is 89.5 Å². The molecule has 0 unspecified atom stereocenters. The number of amides is 1. The van der Waals surface area contributed by atoms with Gasteiger partial charge in [-0.2, -0.15) is 0 Å². The Labute approximate surface area is 139 Å². The number of rotatable bonds is 6. The Morgan fingerprint density at radius 1 is 1.35 bits per heavy atom. The minimum Gasteiger partial charge on any atom is -0.456 e. The van der Waals surface area contributed by atoms with E-state index in [0.717, 1.165) is 4.90 Å². The summed E-state index contributed by atoms with van der Waals surface area (Å²) in [4.78, 5) is 24.4. The van der Waals surface area contributed by atoms with Crippen LogP contribution in [0.15, 0.2) is 29.2 Å². The van der Waals surface area contributed by atoms with E-state index in [1.165, 1.54) is 11.8 Å².